The Morgan fingerprint density at radius 1 is 1.47 bits per heavy atom. The molecular weight excluding hydrogens is 216 g/mol. The van der Waals surface area contributed by atoms with E-state index in [4.69, 9.17) is 5.11 Å². The Hall–Kier alpha value is -1.81. The normalized spacial score (nSPS) is 12.6. The van der Waals surface area contributed by atoms with Crippen molar-refractivity contribution >= 4 is 16.8 Å². The van der Waals surface area contributed by atoms with Crippen molar-refractivity contribution in [3.63, 3.8) is 0 Å². The lowest BCUT2D eigenvalue weighted by atomic mass is 10.1. The van der Waals surface area contributed by atoms with E-state index in [0.717, 1.165) is 10.9 Å². The standard InChI is InChI=1S/C13H16N2O2/c1-2-9(8-16)15-13(17)11-4-3-5-12-10(11)6-7-14-12/h3-7,9,14,16H,2,8H2,1H3,(H,15,17)/t9-/m1/s1. The maximum Gasteiger partial charge on any atom is 0.252 e. The van der Waals surface area contributed by atoms with Gasteiger partial charge in [0.25, 0.3) is 5.91 Å². The average molecular weight is 232 g/mol. The number of carbonyl (C=O) groups excluding carboxylic acids is 1. The Bertz CT molecular complexity index is 515. The van der Waals surface area contributed by atoms with Gasteiger partial charge in [0.2, 0.25) is 0 Å². The second-order valence-electron chi connectivity index (χ2n) is 4.01. The number of aromatic nitrogens is 1. The number of aliphatic hydroxyl groups excluding tert-OH is 1. The van der Waals surface area contributed by atoms with Gasteiger partial charge in [0.15, 0.2) is 0 Å². The summed E-state index contributed by atoms with van der Waals surface area (Å²) in [4.78, 5) is 15.1. The second-order valence-corrected chi connectivity index (χ2v) is 4.01. The van der Waals surface area contributed by atoms with Gasteiger partial charge in [-0.05, 0) is 24.6 Å². The Morgan fingerprint density at radius 3 is 3.00 bits per heavy atom. The van der Waals surface area contributed by atoms with Gasteiger partial charge in [-0.2, -0.15) is 0 Å². The number of hydrogen-bond acceptors (Lipinski definition) is 2. The zero-order valence-electron chi connectivity index (χ0n) is 9.73. The summed E-state index contributed by atoms with van der Waals surface area (Å²) < 4.78 is 0. The summed E-state index contributed by atoms with van der Waals surface area (Å²) in [6.07, 6.45) is 2.52. The van der Waals surface area contributed by atoms with Crippen molar-refractivity contribution in [1.29, 1.82) is 0 Å². The van der Waals surface area contributed by atoms with Crippen LogP contribution in [-0.4, -0.2) is 28.6 Å². The van der Waals surface area contributed by atoms with Gasteiger partial charge in [-0.15, -0.1) is 0 Å². The molecule has 4 heteroatoms. The minimum absolute atomic E-state index is 0.0364. The number of nitrogens with one attached hydrogen (secondary N) is 2. The number of rotatable bonds is 4. The first-order chi connectivity index (χ1) is 8.26. The summed E-state index contributed by atoms with van der Waals surface area (Å²) in [5.41, 5.74) is 1.57. The van der Waals surface area contributed by atoms with Crippen molar-refractivity contribution in [3.05, 3.63) is 36.0 Å². The van der Waals surface area contributed by atoms with Gasteiger partial charge in [0.1, 0.15) is 0 Å². The van der Waals surface area contributed by atoms with Crippen molar-refractivity contribution < 1.29 is 9.90 Å². The Morgan fingerprint density at radius 2 is 2.29 bits per heavy atom. The number of amides is 1. The van der Waals surface area contributed by atoms with Crippen molar-refractivity contribution in [2.75, 3.05) is 6.61 Å². The van der Waals surface area contributed by atoms with Crippen molar-refractivity contribution in [3.8, 4) is 0 Å². The van der Waals surface area contributed by atoms with E-state index >= 15 is 0 Å². The molecule has 0 aliphatic heterocycles. The van der Waals surface area contributed by atoms with Gasteiger partial charge in [0, 0.05) is 22.7 Å². The van der Waals surface area contributed by atoms with Gasteiger partial charge in [0.05, 0.1) is 12.6 Å². The van der Waals surface area contributed by atoms with Crippen molar-refractivity contribution in [2.24, 2.45) is 0 Å². The summed E-state index contributed by atoms with van der Waals surface area (Å²) in [5, 5.41) is 12.8. The molecule has 0 saturated carbocycles. The molecule has 1 atom stereocenters. The number of aliphatic hydroxyl groups is 1. The number of aromatic amines is 1. The first-order valence-electron chi connectivity index (χ1n) is 5.74. The van der Waals surface area contributed by atoms with Crippen LogP contribution < -0.4 is 5.32 Å². The van der Waals surface area contributed by atoms with Crippen LogP contribution in [0.15, 0.2) is 30.5 Å². The number of hydrogen-bond donors (Lipinski definition) is 3. The first-order valence-corrected chi connectivity index (χ1v) is 5.74. The van der Waals surface area contributed by atoms with Gasteiger partial charge in [-0.3, -0.25) is 4.79 Å². The smallest absolute Gasteiger partial charge is 0.252 e. The van der Waals surface area contributed by atoms with E-state index in [-0.39, 0.29) is 18.6 Å². The van der Waals surface area contributed by atoms with Crippen LogP contribution in [0.5, 0.6) is 0 Å². The van der Waals surface area contributed by atoms with Crippen LogP contribution in [0.3, 0.4) is 0 Å². The van der Waals surface area contributed by atoms with Gasteiger partial charge >= 0.3 is 0 Å². The number of H-pyrrole nitrogens is 1. The molecule has 2 rings (SSSR count). The summed E-state index contributed by atoms with van der Waals surface area (Å²) in [6.45, 7) is 1.89. The molecule has 0 unspecified atom stereocenters. The van der Waals surface area contributed by atoms with E-state index in [1.165, 1.54) is 0 Å². The zero-order valence-corrected chi connectivity index (χ0v) is 9.73. The fourth-order valence-corrected chi connectivity index (χ4v) is 1.82. The molecule has 0 aliphatic carbocycles. The van der Waals surface area contributed by atoms with E-state index < -0.39 is 0 Å². The molecule has 0 spiro atoms. The van der Waals surface area contributed by atoms with Crippen LogP contribution in [0.2, 0.25) is 0 Å². The van der Waals surface area contributed by atoms with Gasteiger partial charge in [-0.1, -0.05) is 13.0 Å². The van der Waals surface area contributed by atoms with Crippen LogP contribution in [0.1, 0.15) is 23.7 Å². The predicted octanol–water partition coefficient (Wildman–Crippen LogP) is 1.67. The topological polar surface area (TPSA) is 65.1 Å². The molecule has 1 aromatic carbocycles. The molecule has 0 saturated heterocycles. The zero-order chi connectivity index (χ0) is 12.3. The maximum atomic E-state index is 12.0. The fourth-order valence-electron chi connectivity index (χ4n) is 1.82. The highest BCUT2D eigenvalue weighted by Gasteiger charge is 2.13. The SMILES string of the molecule is CC[C@H](CO)NC(=O)c1cccc2[nH]ccc12. The number of fused-ring (bicyclic) bond motifs is 1. The molecule has 0 radical (unpaired) electrons. The summed E-state index contributed by atoms with van der Waals surface area (Å²) in [5.74, 6) is -0.142. The monoisotopic (exact) mass is 232 g/mol. The number of benzene rings is 1. The van der Waals surface area contributed by atoms with Crippen LogP contribution in [-0.2, 0) is 0 Å². The third-order valence-electron chi connectivity index (χ3n) is 2.89. The van der Waals surface area contributed by atoms with Gasteiger partial charge < -0.3 is 15.4 Å². The third-order valence-corrected chi connectivity index (χ3v) is 2.89. The molecule has 2 aromatic rings. The summed E-state index contributed by atoms with van der Waals surface area (Å²) in [7, 11) is 0. The minimum Gasteiger partial charge on any atom is -0.394 e. The van der Waals surface area contributed by atoms with Crippen LogP contribution in [0.25, 0.3) is 10.9 Å². The highest BCUT2D eigenvalue weighted by atomic mass is 16.3. The van der Waals surface area contributed by atoms with E-state index in [9.17, 15) is 4.79 Å². The van der Waals surface area contributed by atoms with Crippen LogP contribution in [0, 0.1) is 0 Å². The van der Waals surface area contributed by atoms with Crippen molar-refractivity contribution in [1.82, 2.24) is 10.3 Å². The van der Waals surface area contributed by atoms with Crippen molar-refractivity contribution in [2.45, 2.75) is 19.4 Å². The highest BCUT2D eigenvalue weighted by Crippen LogP contribution is 2.17. The maximum absolute atomic E-state index is 12.0. The van der Waals surface area contributed by atoms with Crippen LogP contribution in [0.4, 0.5) is 0 Å². The summed E-state index contributed by atoms with van der Waals surface area (Å²) in [6, 6.07) is 7.25. The lowest BCUT2D eigenvalue weighted by Crippen LogP contribution is -2.36. The Balaban J connectivity index is 2.27. The first kappa shape index (κ1) is 11.7. The number of carbonyl (C=O) groups is 1. The molecular formula is C13H16N2O2. The van der Waals surface area contributed by atoms with E-state index in [1.807, 2.05) is 31.3 Å². The van der Waals surface area contributed by atoms with E-state index in [2.05, 4.69) is 10.3 Å². The fraction of sp³-hybridized carbons (Fsp3) is 0.308. The molecule has 90 valence electrons. The highest BCUT2D eigenvalue weighted by molar-refractivity contribution is 6.06. The quantitative estimate of drug-likeness (QED) is 0.750. The molecule has 0 fully saturated rings. The lowest BCUT2D eigenvalue weighted by molar-refractivity contribution is 0.0916. The average Bonchev–Trinajstić information content (AvgIpc) is 2.83. The van der Waals surface area contributed by atoms with E-state index in [1.54, 1.807) is 6.07 Å². The summed E-state index contributed by atoms with van der Waals surface area (Å²) >= 11 is 0. The van der Waals surface area contributed by atoms with Gasteiger partial charge in [-0.25, -0.2) is 0 Å². The molecule has 17 heavy (non-hydrogen) atoms. The molecule has 1 heterocycles. The third kappa shape index (κ3) is 2.31. The Labute approximate surface area is 99.7 Å². The largest absolute Gasteiger partial charge is 0.394 e. The molecule has 0 bridgehead atoms. The lowest BCUT2D eigenvalue weighted by Gasteiger charge is -2.14. The molecule has 0 aliphatic rings. The predicted molar refractivity (Wildman–Crippen MR) is 66.9 cm³/mol. The van der Waals surface area contributed by atoms with Crippen LogP contribution >= 0.6 is 0 Å². The molecule has 1 aromatic heterocycles. The Kier molecular flexibility index (Phi) is 3.44. The molecule has 3 N–H and O–H groups in total. The second kappa shape index (κ2) is 5.01. The minimum atomic E-state index is -0.184. The molecule has 1 amide bonds. The van der Waals surface area contributed by atoms with E-state index in [0.29, 0.717) is 12.0 Å². The molecule has 4 nitrogen and oxygen atoms in total.